The maximum atomic E-state index is 11.7. The molecule has 0 aromatic heterocycles. The Morgan fingerprint density at radius 3 is 2.94 bits per heavy atom. The summed E-state index contributed by atoms with van der Waals surface area (Å²) >= 11 is 0. The van der Waals surface area contributed by atoms with Gasteiger partial charge in [0.2, 0.25) is 0 Å². The van der Waals surface area contributed by atoms with Crippen molar-refractivity contribution in [3.63, 3.8) is 0 Å². The Morgan fingerprint density at radius 2 is 2.33 bits per heavy atom. The van der Waals surface area contributed by atoms with Crippen LogP contribution < -0.4 is 10.5 Å². The molecule has 1 aliphatic carbocycles. The lowest BCUT2D eigenvalue weighted by Crippen LogP contribution is -2.36. The van der Waals surface area contributed by atoms with E-state index in [9.17, 15) is 9.90 Å². The van der Waals surface area contributed by atoms with Gasteiger partial charge in [0.15, 0.2) is 11.5 Å². The molecular formula is C13H17NO4. The topological polar surface area (TPSA) is 81.8 Å². The highest BCUT2D eigenvalue weighted by atomic mass is 16.5. The molecule has 0 radical (unpaired) electrons. The summed E-state index contributed by atoms with van der Waals surface area (Å²) in [6.45, 7) is 2.08. The minimum atomic E-state index is -0.933. The van der Waals surface area contributed by atoms with Gasteiger partial charge in [-0.05, 0) is 31.0 Å². The third-order valence-electron chi connectivity index (χ3n) is 3.27. The van der Waals surface area contributed by atoms with Gasteiger partial charge in [-0.1, -0.05) is 6.07 Å². The highest BCUT2D eigenvalue weighted by Crippen LogP contribution is 2.51. The molecule has 2 rings (SSSR count). The number of hydrogen-bond donors (Lipinski definition) is 2. The first-order chi connectivity index (χ1) is 8.52. The number of esters is 1. The van der Waals surface area contributed by atoms with E-state index in [4.69, 9.17) is 15.2 Å². The number of phenols is 1. The molecule has 0 aliphatic heterocycles. The van der Waals surface area contributed by atoms with Crippen molar-refractivity contribution in [2.24, 2.45) is 5.73 Å². The van der Waals surface area contributed by atoms with E-state index in [-0.39, 0.29) is 17.6 Å². The van der Waals surface area contributed by atoms with Gasteiger partial charge in [-0.2, -0.15) is 0 Å². The highest BCUT2D eigenvalue weighted by Gasteiger charge is 2.59. The smallest absolute Gasteiger partial charge is 0.326 e. The molecule has 0 amide bonds. The summed E-state index contributed by atoms with van der Waals surface area (Å²) < 4.78 is 9.99. The van der Waals surface area contributed by atoms with E-state index < -0.39 is 5.54 Å². The Bertz CT molecular complexity index is 474. The van der Waals surface area contributed by atoms with Crippen LogP contribution in [0.5, 0.6) is 11.5 Å². The third-order valence-corrected chi connectivity index (χ3v) is 3.27. The lowest BCUT2D eigenvalue weighted by molar-refractivity contribution is -0.146. The molecule has 3 N–H and O–H groups in total. The van der Waals surface area contributed by atoms with Crippen LogP contribution in [0, 0.1) is 0 Å². The van der Waals surface area contributed by atoms with E-state index in [1.807, 2.05) is 0 Å². The normalized spacial score (nSPS) is 25.6. The average molecular weight is 251 g/mol. The molecule has 0 saturated heterocycles. The van der Waals surface area contributed by atoms with Gasteiger partial charge in [-0.25, -0.2) is 0 Å². The van der Waals surface area contributed by atoms with Crippen molar-refractivity contribution in [3.8, 4) is 11.5 Å². The molecule has 0 spiro atoms. The first kappa shape index (κ1) is 12.7. The van der Waals surface area contributed by atoms with Crippen LogP contribution in [0.1, 0.15) is 24.8 Å². The van der Waals surface area contributed by atoms with Gasteiger partial charge in [0.05, 0.1) is 13.7 Å². The van der Waals surface area contributed by atoms with E-state index in [0.717, 1.165) is 5.56 Å². The maximum absolute atomic E-state index is 11.7. The molecule has 1 aromatic rings. The summed E-state index contributed by atoms with van der Waals surface area (Å²) in [5.41, 5.74) is 5.95. The van der Waals surface area contributed by atoms with Crippen LogP contribution in [0.3, 0.4) is 0 Å². The molecule has 5 nitrogen and oxygen atoms in total. The molecule has 1 saturated carbocycles. The molecule has 0 heterocycles. The van der Waals surface area contributed by atoms with Crippen molar-refractivity contribution in [1.82, 2.24) is 0 Å². The third kappa shape index (κ3) is 2.01. The van der Waals surface area contributed by atoms with Crippen molar-refractivity contribution in [2.45, 2.75) is 24.8 Å². The zero-order valence-corrected chi connectivity index (χ0v) is 10.5. The summed E-state index contributed by atoms with van der Waals surface area (Å²) in [6.07, 6.45) is 0.555. The van der Waals surface area contributed by atoms with Crippen LogP contribution >= 0.6 is 0 Å². The quantitative estimate of drug-likeness (QED) is 0.784. The lowest BCUT2D eigenvalue weighted by Gasteiger charge is -2.11. The summed E-state index contributed by atoms with van der Waals surface area (Å²) in [4.78, 5) is 11.7. The summed E-state index contributed by atoms with van der Waals surface area (Å²) in [5.74, 6) is -0.000596. The van der Waals surface area contributed by atoms with Crippen LogP contribution in [0.25, 0.3) is 0 Å². The largest absolute Gasteiger partial charge is 0.504 e. The first-order valence-electron chi connectivity index (χ1n) is 5.86. The predicted octanol–water partition coefficient (Wildman–Crippen LogP) is 1.15. The number of aromatic hydroxyl groups is 1. The van der Waals surface area contributed by atoms with E-state index >= 15 is 0 Å². The summed E-state index contributed by atoms with van der Waals surface area (Å²) in [7, 11) is 1.48. The lowest BCUT2D eigenvalue weighted by atomic mass is 10.1. The second-order valence-electron chi connectivity index (χ2n) is 4.45. The van der Waals surface area contributed by atoms with E-state index in [2.05, 4.69) is 0 Å². The first-order valence-corrected chi connectivity index (χ1v) is 5.86. The Balaban J connectivity index is 2.18. The van der Waals surface area contributed by atoms with Crippen molar-refractivity contribution in [3.05, 3.63) is 23.8 Å². The van der Waals surface area contributed by atoms with Crippen LogP contribution in [0.4, 0.5) is 0 Å². The fourth-order valence-electron chi connectivity index (χ4n) is 2.10. The van der Waals surface area contributed by atoms with Crippen molar-refractivity contribution >= 4 is 5.97 Å². The Morgan fingerprint density at radius 1 is 1.61 bits per heavy atom. The van der Waals surface area contributed by atoms with Crippen LogP contribution in [-0.4, -0.2) is 30.3 Å². The van der Waals surface area contributed by atoms with Gasteiger partial charge < -0.3 is 20.3 Å². The van der Waals surface area contributed by atoms with Crippen molar-refractivity contribution in [1.29, 1.82) is 0 Å². The number of ether oxygens (including phenoxy) is 2. The highest BCUT2D eigenvalue weighted by molar-refractivity contribution is 5.86. The monoisotopic (exact) mass is 251 g/mol. The zero-order valence-electron chi connectivity index (χ0n) is 10.5. The molecule has 0 bridgehead atoms. The van der Waals surface area contributed by atoms with Gasteiger partial charge in [0, 0.05) is 5.92 Å². The molecule has 5 heteroatoms. The van der Waals surface area contributed by atoms with Crippen molar-refractivity contribution < 1.29 is 19.4 Å². The van der Waals surface area contributed by atoms with Gasteiger partial charge in [0.25, 0.3) is 0 Å². The fourth-order valence-corrected chi connectivity index (χ4v) is 2.10. The number of hydrogen-bond acceptors (Lipinski definition) is 5. The summed E-state index contributed by atoms with van der Waals surface area (Å²) in [6, 6.07) is 4.99. The second kappa shape index (κ2) is 4.49. The zero-order chi connectivity index (χ0) is 13.3. The Hall–Kier alpha value is -1.75. The number of benzene rings is 1. The molecule has 1 fully saturated rings. The van der Waals surface area contributed by atoms with Gasteiger partial charge in [-0.15, -0.1) is 0 Å². The van der Waals surface area contributed by atoms with Crippen molar-refractivity contribution in [2.75, 3.05) is 13.7 Å². The Kier molecular flexibility index (Phi) is 3.17. The minimum absolute atomic E-state index is 0.0701. The summed E-state index contributed by atoms with van der Waals surface area (Å²) in [5, 5.41) is 9.51. The molecule has 1 aromatic carbocycles. The second-order valence-corrected chi connectivity index (χ2v) is 4.45. The van der Waals surface area contributed by atoms with E-state index in [1.165, 1.54) is 13.2 Å². The maximum Gasteiger partial charge on any atom is 0.326 e. The number of phenolic OH excluding ortho intramolecular Hbond substituents is 1. The number of rotatable bonds is 4. The molecule has 1 aliphatic rings. The molecule has 18 heavy (non-hydrogen) atoms. The predicted molar refractivity (Wildman–Crippen MR) is 65.6 cm³/mol. The fraction of sp³-hybridized carbons (Fsp3) is 0.462. The van der Waals surface area contributed by atoms with Crippen LogP contribution in [0.15, 0.2) is 18.2 Å². The molecule has 2 unspecified atom stereocenters. The minimum Gasteiger partial charge on any atom is -0.504 e. The molecule has 2 atom stereocenters. The van der Waals surface area contributed by atoms with Crippen LogP contribution in [0.2, 0.25) is 0 Å². The van der Waals surface area contributed by atoms with Crippen LogP contribution in [-0.2, 0) is 9.53 Å². The number of carbonyl (C=O) groups is 1. The van der Waals surface area contributed by atoms with E-state index in [1.54, 1.807) is 19.1 Å². The SMILES string of the molecule is CCOC(=O)C1(N)CC1c1ccc(O)c(OC)c1. The molecule has 98 valence electrons. The van der Waals surface area contributed by atoms with Gasteiger partial charge >= 0.3 is 5.97 Å². The van der Waals surface area contributed by atoms with Gasteiger partial charge in [0.1, 0.15) is 5.54 Å². The number of nitrogens with two attached hydrogens (primary N) is 1. The van der Waals surface area contributed by atoms with E-state index in [0.29, 0.717) is 18.8 Å². The Labute approximate surface area is 106 Å². The standard InChI is InChI=1S/C13H17NO4/c1-3-18-12(16)13(14)7-9(13)8-4-5-10(15)11(6-8)17-2/h4-6,9,15H,3,7,14H2,1-2H3. The molecular weight excluding hydrogens is 234 g/mol. The van der Waals surface area contributed by atoms with Gasteiger partial charge in [-0.3, -0.25) is 4.79 Å². The average Bonchev–Trinajstić information content (AvgIpc) is 3.04. The number of carbonyl (C=O) groups excluding carboxylic acids is 1. The number of methoxy groups -OCH3 is 1.